The molecule has 21 heavy (non-hydrogen) atoms. The molecule has 1 aliphatic carbocycles. The van der Waals surface area contributed by atoms with Crippen LogP contribution in [0, 0.1) is 6.07 Å². The maximum Gasteiger partial charge on any atom is 0.0396 e. The van der Waals surface area contributed by atoms with Gasteiger partial charge in [-0.15, -0.1) is 0 Å². The zero-order chi connectivity index (χ0) is 14.4. The van der Waals surface area contributed by atoms with E-state index in [1.165, 1.54) is 27.8 Å². The van der Waals surface area contributed by atoms with E-state index in [0.29, 0.717) is 0 Å². The van der Waals surface area contributed by atoms with Crippen LogP contribution >= 0.6 is 31.9 Å². The first-order valence-electron chi connectivity index (χ1n) is 6.82. The topological polar surface area (TPSA) is 0 Å². The molecule has 1 radical (unpaired) electrons. The molecule has 4 rings (SSSR count). The molecule has 0 aliphatic heterocycles. The van der Waals surface area contributed by atoms with Gasteiger partial charge >= 0.3 is 0 Å². The number of halogens is 2. The maximum atomic E-state index is 3.66. The second-order valence-electron chi connectivity index (χ2n) is 5.20. The summed E-state index contributed by atoms with van der Waals surface area (Å²) >= 11 is 7.23. The summed E-state index contributed by atoms with van der Waals surface area (Å²) in [6, 6.07) is 22.8. The van der Waals surface area contributed by atoms with Gasteiger partial charge in [-0.2, -0.15) is 0 Å². The average Bonchev–Trinajstić information content (AvgIpc) is 2.87. The molecule has 0 aromatic heterocycles. The lowest BCUT2D eigenvalue weighted by Gasteiger charge is -2.08. The van der Waals surface area contributed by atoms with Gasteiger partial charge in [0.1, 0.15) is 0 Å². The Labute approximate surface area is 141 Å². The van der Waals surface area contributed by atoms with Crippen LogP contribution in [0.5, 0.6) is 0 Å². The van der Waals surface area contributed by atoms with Gasteiger partial charge in [-0.05, 0) is 83.8 Å². The van der Waals surface area contributed by atoms with E-state index in [2.05, 4.69) is 86.5 Å². The van der Waals surface area contributed by atoms with E-state index in [-0.39, 0.29) is 0 Å². The molecule has 101 valence electrons. The Morgan fingerprint density at radius 3 is 2.48 bits per heavy atom. The monoisotopic (exact) mass is 397 g/mol. The van der Waals surface area contributed by atoms with Crippen molar-refractivity contribution in [1.29, 1.82) is 0 Å². The highest BCUT2D eigenvalue weighted by Gasteiger charge is 2.19. The molecular weight excluding hydrogens is 388 g/mol. The Bertz CT molecular complexity index is 850. The van der Waals surface area contributed by atoms with Crippen LogP contribution in [-0.4, -0.2) is 0 Å². The molecule has 0 spiro atoms. The van der Waals surface area contributed by atoms with Gasteiger partial charge in [0.2, 0.25) is 0 Å². The first kappa shape index (κ1) is 13.3. The van der Waals surface area contributed by atoms with E-state index in [0.717, 1.165) is 20.9 Å². The third-order valence-electron chi connectivity index (χ3n) is 3.94. The molecule has 0 atom stereocenters. The predicted octanol–water partition coefficient (Wildman–Crippen LogP) is 6.25. The van der Waals surface area contributed by atoms with Crippen molar-refractivity contribution in [2.75, 3.05) is 0 Å². The van der Waals surface area contributed by atoms with E-state index in [1.807, 2.05) is 6.07 Å². The maximum absolute atomic E-state index is 3.66. The molecule has 3 aromatic rings. The average molecular weight is 399 g/mol. The molecule has 0 bridgehead atoms. The smallest absolute Gasteiger partial charge is 0.0396 e. The molecule has 0 heterocycles. The van der Waals surface area contributed by atoms with Crippen molar-refractivity contribution in [1.82, 2.24) is 0 Å². The van der Waals surface area contributed by atoms with Crippen molar-refractivity contribution >= 4 is 31.9 Å². The zero-order valence-electron chi connectivity index (χ0n) is 11.2. The second kappa shape index (κ2) is 5.11. The highest BCUT2D eigenvalue weighted by molar-refractivity contribution is 9.13. The van der Waals surface area contributed by atoms with E-state index >= 15 is 0 Å². The number of benzene rings is 3. The highest BCUT2D eigenvalue weighted by atomic mass is 79.9. The van der Waals surface area contributed by atoms with Gasteiger partial charge in [-0.25, -0.2) is 0 Å². The summed E-state index contributed by atoms with van der Waals surface area (Å²) in [6.07, 6.45) is 0.977. The number of fused-ring (bicyclic) bond motifs is 3. The van der Waals surface area contributed by atoms with Gasteiger partial charge in [0.15, 0.2) is 0 Å². The first-order valence-corrected chi connectivity index (χ1v) is 8.40. The van der Waals surface area contributed by atoms with Gasteiger partial charge in [0.05, 0.1) is 0 Å². The van der Waals surface area contributed by atoms with Crippen LogP contribution in [0.25, 0.3) is 22.3 Å². The zero-order valence-corrected chi connectivity index (χ0v) is 14.3. The minimum absolute atomic E-state index is 0.977. The summed E-state index contributed by atoms with van der Waals surface area (Å²) in [5.74, 6) is 0. The SMILES string of the molecule is Brc1cccc(-c2[c]c3c(cc2)-c2ccccc2C3)c1Br. The third-order valence-corrected chi connectivity index (χ3v) is 5.99. The third kappa shape index (κ3) is 2.18. The van der Waals surface area contributed by atoms with Crippen molar-refractivity contribution < 1.29 is 0 Å². The molecular formula is C19H11Br2. The molecule has 0 saturated carbocycles. The van der Waals surface area contributed by atoms with E-state index < -0.39 is 0 Å². The molecule has 0 unspecified atom stereocenters. The molecule has 0 nitrogen and oxygen atoms in total. The predicted molar refractivity (Wildman–Crippen MR) is 94.4 cm³/mol. The summed E-state index contributed by atoms with van der Waals surface area (Å²) in [5.41, 5.74) is 7.66. The minimum atomic E-state index is 0.977. The Hall–Kier alpha value is -1.38. The Morgan fingerprint density at radius 1 is 0.762 bits per heavy atom. The summed E-state index contributed by atoms with van der Waals surface area (Å²) in [6.45, 7) is 0. The van der Waals surface area contributed by atoms with E-state index in [4.69, 9.17) is 0 Å². The minimum Gasteiger partial charge on any atom is -0.0619 e. The summed E-state index contributed by atoms with van der Waals surface area (Å²) in [5, 5.41) is 0. The lowest BCUT2D eigenvalue weighted by Crippen LogP contribution is -1.86. The molecule has 0 fully saturated rings. The Balaban J connectivity index is 1.85. The fourth-order valence-electron chi connectivity index (χ4n) is 2.93. The van der Waals surface area contributed by atoms with Crippen LogP contribution in [0.3, 0.4) is 0 Å². The number of hydrogen-bond donors (Lipinski definition) is 0. The van der Waals surface area contributed by atoms with Crippen LogP contribution < -0.4 is 0 Å². The second-order valence-corrected chi connectivity index (χ2v) is 6.85. The van der Waals surface area contributed by atoms with Crippen LogP contribution in [0.15, 0.2) is 63.5 Å². The number of hydrogen-bond acceptors (Lipinski definition) is 0. The van der Waals surface area contributed by atoms with Gasteiger partial charge in [0, 0.05) is 8.95 Å². The van der Waals surface area contributed by atoms with Crippen LogP contribution in [0.2, 0.25) is 0 Å². The molecule has 3 aromatic carbocycles. The molecule has 1 aliphatic rings. The number of rotatable bonds is 1. The van der Waals surface area contributed by atoms with Gasteiger partial charge in [-0.1, -0.05) is 48.5 Å². The van der Waals surface area contributed by atoms with Crippen LogP contribution in [-0.2, 0) is 6.42 Å². The van der Waals surface area contributed by atoms with Gasteiger partial charge < -0.3 is 0 Å². The quantitative estimate of drug-likeness (QED) is 0.355. The summed E-state index contributed by atoms with van der Waals surface area (Å²) in [7, 11) is 0. The van der Waals surface area contributed by atoms with Crippen molar-refractivity contribution in [2.45, 2.75) is 6.42 Å². The molecule has 0 amide bonds. The van der Waals surface area contributed by atoms with Crippen LogP contribution in [0.1, 0.15) is 11.1 Å². The van der Waals surface area contributed by atoms with Gasteiger partial charge in [-0.3, -0.25) is 0 Å². The largest absolute Gasteiger partial charge is 0.0619 e. The van der Waals surface area contributed by atoms with E-state index in [9.17, 15) is 0 Å². The Kier molecular flexibility index (Phi) is 3.24. The van der Waals surface area contributed by atoms with Gasteiger partial charge in [0.25, 0.3) is 0 Å². The standard InChI is InChI=1S/C19H11Br2/c20-18-7-3-6-17(19(18)21)13-8-9-16-14(11-13)10-12-4-1-2-5-15(12)16/h1-9H,10H2. The molecule has 0 N–H and O–H groups in total. The summed E-state index contributed by atoms with van der Waals surface area (Å²) < 4.78 is 2.15. The Morgan fingerprint density at radius 2 is 1.57 bits per heavy atom. The highest BCUT2D eigenvalue weighted by Crippen LogP contribution is 2.40. The molecule has 0 saturated heterocycles. The van der Waals surface area contributed by atoms with Crippen molar-refractivity contribution in [3.63, 3.8) is 0 Å². The fourth-order valence-corrected chi connectivity index (χ4v) is 3.77. The van der Waals surface area contributed by atoms with Crippen molar-refractivity contribution in [3.8, 4) is 22.3 Å². The first-order chi connectivity index (χ1) is 10.2. The fraction of sp³-hybridized carbons (Fsp3) is 0.0526. The van der Waals surface area contributed by atoms with Crippen molar-refractivity contribution in [3.05, 3.63) is 80.7 Å². The lowest BCUT2D eigenvalue weighted by molar-refractivity contribution is 1.26. The lowest BCUT2D eigenvalue weighted by atomic mass is 9.99. The molecule has 2 heteroatoms. The summed E-state index contributed by atoms with van der Waals surface area (Å²) in [4.78, 5) is 0. The van der Waals surface area contributed by atoms with Crippen LogP contribution in [0.4, 0.5) is 0 Å². The van der Waals surface area contributed by atoms with Crippen molar-refractivity contribution in [2.24, 2.45) is 0 Å². The van der Waals surface area contributed by atoms with E-state index in [1.54, 1.807) is 0 Å². The normalized spacial score (nSPS) is 12.1.